The van der Waals surface area contributed by atoms with E-state index in [-0.39, 0.29) is 0 Å². The molecule has 0 rings (SSSR count). The fourth-order valence-corrected chi connectivity index (χ4v) is 7.19. The van der Waals surface area contributed by atoms with E-state index in [1.807, 2.05) is 11.2 Å². The lowest BCUT2D eigenvalue weighted by atomic mass is 9.99. The highest BCUT2D eigenvalue weighted by Gasteiger charge is 2.42. The van der Waals surface area contributed by atoms with Gasteiger partial charge in [-0.1, -0.05) is 60.4 Å². The van der Waals surface area contributed by atoms with Gasteiger partial charge in [-0.2, -0.15) is 0 Å². The van der Waals surface area contributed by atoms with Crippen molar-refractivity contribution >= 4 is 26.5 Å². The minimum atomic E-state index is -1.33. The summed E-state index contributed by atoms with van der Waals surface area (Å²) in [6.07, 6.45) is 0. The van der Waals surface area contributed by atoms with Crippen LogP contribution in [0.5, 0.6) is 0 Å². The third kappa shape index (κ3) is 4.69. The van der Waals surface area contributed by atoms with Gasteiger partial charge in [0.2, 0.25) is 0 Å². The molecule has 0 aromatic heterocycles. The summed E-state index contributed by atoms with van der Waals surface area (Å²) < 4.78 is 0. The SMILES string of the molecule is CC(C)C(C)(C)[Si](C)(C)SC#C[Si](C)(C)C. The lowest BCUT2D eigenvalue weighted by Gasteiger charge is -2.41. The molecule has 3 heteroatoms. The second kappa shape index (κ2) is 5.33. The first-order valence-electron chi connectivity index (χ1n) is 6.10. The third-order valence-corrected chi connectivity index (χ3v) is 12.6. The molecular formula is C13H28SSi2. The van der Waals surface area contributed by atoms with Gasteiger partial charge in [-0.15, -0.1) is 16.8 Å². The predicted octanol–water partition coefficient (Wildman–Crippen LogP) is 5.20. The largest absolute Gasteiger partial charge is 0.133 e. The van der Waals surface area contributed by atoms with E-state index in [2.05, 4.69) is 71.2 Å². The second-order valence-electron chi connectivity index (χ2n) is 6.97. The van der Waals surface area contributed by atoms with Crippen molar-refractivity contribution in [3.8, 4) is 10.8 Å². The van der Waals surface area contributed by atoms with Gasteiger partial charge in [0.15, 0.2) is 0 Å². The number of hydrogen-bond donors (Lipinski definition) is 0. The van der Waals surface area contributed by atoms with Crippen molar-refractivity contribution in [1.29, 1.82) is 0 Å². The molecule has 16 heavy (non-hydrogen) atoms. The molecule has 0 nitrogen and oxygen atoms in total. The maximum absolute atomic E-state index is 3.48. The molecule has 0 aliphatic heterocycles. The molecule has 0 amide bonds. The summed E-state index contributed by atoms with van der Waals surface area (Å²) in [5.74, 6) is 0.732. The summed E-state index contributed by atoms with van der Waals surface area (Å²) >= 11 is 1.95. The molecule has 0 N–H and O–H groups in total. The molecule has 0 heterocycles. The Morgan fingerprint density at radius 2 is 1.44 bits per heavy atom. The van der Waals surface area contributed by atoms with Crippen molar-refractivity contribution in [3.63, 3.8) is 0 Å². The van der Waals surface area contributed by atoms with Gasteiger partial charge in [0.1, 0.15) is 15.3 Å². The summed E-state index contributed by atoms with van der Waals surface area (Å²) in [6, 6.07) is 0. The van der Waals surface area contributed by atoms with Crippen LogP contribution in [0.15, 0.2) is 0 Å². The van der Waals surface area contributed by atoms with Gasteiger partial charge in [0.25, 0.3) is 0 Å². The highest BCUT2D eigenvalue weighted by atomic mass is 32.4. The summed E-state index contributed by atoms with van der Waals surface area (Å²) in [4.78, 5) is 0. The monoisotopic (exact) mass is 272 g/mol. The Balaban J connectivity index is 4.76. The zero-order chi connectivity index (χ0) is 13.2. The number of rotatable bonds is 3. The zero-order valence-corrected chi connectivity index (χ0v) is 15.3. The lowest BCUT2D eigenvalue weighted by Crippen LogP contribution is -2.38. The minimum Gasteiger partial charge on any atom is -0.121 e. The van der Waals surface area contributed by atoms with Gasteiger partial charge >= 0.3 is 0 Å². The molecule has 0 aromatic rings. The fraction of sp³-hybridized carbons (Fsp3) is 0.846. The van der Waals surface area contributed by atoms with Crippen LogP contribution < -0.4 is 0 Å². The van der Waals surface area contributed by atoms with Crippen molar-refractivity contribution in [2.45, 2.75) is 65.5 Å². The molecular weight excluding hydrogens is 244 g/mol. The first-order chi connectivity index (χ1) is 6.90. The Kier molecular flexibility index (Phi) is 5.44. The third-order valence-electron chi connectivity index (χ3n) is 3.73. The first kappa shape index (κ1) is 16.3. The van der Waals surface area contributed by atoms with Crippen molar-refractivity contribution in [3.05, 3.63) is 0 Å². The van der Waals surface area contributed by atoms with E-state index in [0.29, 0.717) is 5.04 Å². The summed E-state index contributed by atoms with van der Waals surface area (Å²) in [7, 11) is -2.53. The molecule has 0 bridgehead atoms. The van der Waals surface area contributed by atoms with Gasteiger partial charge in [-0.25, -0.2) is 0 Å². The van der Waals surface area contributed by atoms with Crippen LogP contribution in [0.25, 0.3) is 0 Å². The topological polar surface area (TPSA) is 0 Å². The molecule has 0 unspecified atom stereocenters. The highest BCUT2D eigenvalue weighted by molar-refractivity contribution is 8.32. The van der Waals surface area contributed by atoms with Gasteiger partial charge in [-0.3, -0.25) is 0 Å². The molecule has 0 radical (unpaired) electrons. The van der Waals surface area contributed by atoms with Crippen LogP contribution in [0.3, 0.4) is 0 Å². The standard InChI is InChI=1S/C13H28SSi2/c1-12(2)13(3,4)16(8,9)14-10-11-15(5,6)7/h12H,1-9H3. The maximum atomic E-state index is 3.48. The molecule has 0 saturated heterocycles. The van der Waals surface area contributed by atoms with Gasteiger partial charge < -0.3 is 0 Å². The summed E-state index contributed by atoms with van der Waals surface area (Å²) in [6.45, 7) is 21.3. The molecule has 94 valence electrons. The molecule has 0 aliphatic carbocycles. The second-order valence-corrected chi connectivity index (χ2v) is 20.1. The van der Waals surface area contributed by atoms with E-state index in [4.69, 9.17) is 0 Å². The zero-order valence-electron chi connectivity index (χ0n) is 12.5. The van der Waals surface area contributed by atoms with Crippen LogP contribution in [0.1, 0.15) is 27.7 Å². The quantitative estimate of drug-likeness (QED) is 0.503. The first-order valence-corrected chi connectivity index (χ1v) is 14.1. The van der Waals surface area contributed by atoms with Crippen LogP contribution in [0.2, 0.25) is 37.8 Å². The van der Waals surface area contributed by atoms with Crippen LogP contribution in [-0.2, 0) is 0 Å². The van der Waals surface area contributed by atoms with E-state index in [1.54, 1.807) is 0 Å². The van der Waals surface area contributed by atoms with Crippen LogP contribution in [-0.4, -0.2) is 15.3 Å². The summed E-state index contributed by atoms with van der Waals surface area (Å²) in [5, 5.41) is 3.85. The van der Waals surface area contributed by atoms with Crippen molar-refractivity contribution in [2.24, 2.45) is 5.92 Å². The number of hydrogen-bond acceptors (Lipinski definition) is 1. The Morgan fingerprint density at radius 3 is 1.75 bits per heavy atom. The Hall–Kier alpha value is 0.344. The predicted molar refractivity (Wildman–Crippen MR) is 85.1 cm³/mol. The van der Waals surface area contributed by atoms with Gasteiger partial charge in [0.05, 0.1) is 0 Å². The highest BCUT2D eigenvalue weighted by Crippen LogP contribution is 2.49. The molecule has 0 saturated carbocycles. The van der Waals surface area contributed by atoms with Crippen LogP contribution >= 0.6 is 11.2 Å². The molecule has 0 fully saturated rings. The van der Waals surface area contributed by atoms with Crippen molar-refractivity contribution in [2.75, 3.05) is 0 Å². The Labute approximate surface area is 109 Å². The lowest BCUT2D eigenvalue weighted by molar-refractivity contribution is 0.465. The van der Waals surface area contributed by atoms with Crippen molar-refractivity contribution < 1.29 is 0 Å². The summed E-state index contributed by atoms with van der Waals surface area (Å²) in [5.41, 5.74) is 3.48. The Morgan fingerprint density at radius 1 is 1.00 bits per heavy atom. The van der Waals surface area contributed by atoms with Crippen LogP contribution in [0, 0.1) is 16.7 Å². The average Bonchev–Trinajstić information content (AvgIpc) is 2.00. The minimum absolute atomic E-state index is 0.436. The van der Waals surface area contributed by atoms with E-state index in [0.717, 1.165) is 5.92 Å². The Bertz CT molecular complexity index is 287. The molecule has 0 aromatic carbocycles. The normalized spacial score (nSPS) is 13.6. The average molecular weight is 273 g/mol. The van der Waals surface area contributed by atoms with Crippen LogP contribution in [0.4, 0.5) is 0 Å². The van der Waals surface area contributed by atoms with Crippen molar-refractivity contribution in [1.82, 2.24) is 0 Å². The van der Waals surface area contributed by atoms with Gasteiger partial charge in [0, 0.05) is 0 Å². The molecule has 0 aliphatic rings. The molecule has 0 atom stereocenters. The molecule has 0 spiro atoms. The van der Waals surface area contributed by atoms with E-state index < -0.39 is 15.3 Å². The van der Waals surface area contributed by atoms with E-state index in [9.17, 15) is 0 Å². The fourth-order valence-electron chi connectivity index (χ4n) is 1.13. The maximum Gasteiger partial charge on any atom is 0.133 e. The van der Waals surface area contributed by atoms with E-state index >= 15 is 0 Å². The van der Waals surface area contributed by atoms with E-state index in [1.165, 1.54) is 0 Å². The smallest absolute Gasteiger partial charge is 0.121 e. The van der Waals surface area contributed by atoms with Gasteiger partial charge in [-0.05, 0) is 16.2 Å².